The fraction of sp³-hybridized carbons (Fsp3) is 0.286. The van der Waals surface area contributed by atoms with Crippen LogP contribution in [0.1, 0.15) is 37.9 Å². The van der Waals surface area contributed by atoms with Gasteiger partial charge in [-0.25, -0.2) is 9.78 Å². The Bertz CT molecular complexity index is 1910. The first-order chi connectivity index (χ1) is 23.3. The van der Waals surface area contributed by atoms with E-state index in [0.29, 0.717) is 34.8 Å². The average Bonchev–Trinajstić information content (AvgIpc) is 3.82. The van der Waals surface area contributed by atoms with Gasteiger partial charge in [0.15, 0.2) is 11.7 Å². The third-order valence-electron chi connectivity index (χ3n) is 8.37. The second-order valence-electron chi connectivity index (χ2n) is 11.7. The quantitative estimate of drug-likeness (QED) is 0.207. The Kier molecular flexibility index (Phi) is 8.36. The van der Waals surface area contributed by atoms with Crippen molar-refractivity contribution >= 4 is 23.5 Å². The van der Waals surface area contributed by atoms with Gasteiger partial charge in [-0.2, -0.15) is 0 Å². The third-order valence-corrected chi connectivity index (χ3v) is 8.37. The standard InChI is InChI=1S/C35H31N5O8/c1-40-25-16-22(14-15-35(44)20-47-29-27(19-46-30(29)35)48-34(43)23-10-6-3-7-11-23)12-13-26(25)45-18-24(33(40)42)36-32(41)31-37-28(38-39-31)17-21-8-4-2-5-9-21/h2-13,16,24,27,29-30,44H,17-20H2,1H3,(H,36,41)(H,37,38,39)/t24-,27-,29?,30?,35+/m0/s1. The number of likely N-dealkylation sites (N-methyl/N-ethyl adjacent to an activating group) is 1. The normalized spacial score (nSPS) is 24.4. The fourth-order valence-corrected chi connectivity index (χ4v) is 5.83. The van der Waals surface area contributed by atoms with Gasteiger partial charge >= 0.3 is 5.97 Å². The molecule has 2 saturated heterocycles. The van der Waals surface area contributed by atoms with Gasteiger partial charge in [0.2, 0.25) is 5.82 Å². The highest BCUT2D eigenvalue weighted by Gasteiger charge is 2.57. The Balaban J connectivity index is 0.996. The molecule has 5 atom stereocenters. The molecule has 0 aliphatic carbocycles. The van der Waals surface area contributed by atoms with E-state index < -0.39 is 47.7 Å². The number of H-pyrrole nitrogens is 1. The number of anilines is 1. The molecule has 13 nitrogen and oxygen atoms in total. The van der Waals surface area contributed by atoms with Crippen molar-refractivity contribution in [1.29, 1.82) is 0 Å². The number of nitrogens with one attached hydrogen (secondary N) is 2. The molecule has 4 heterocycles. The lowest BCUT2D eigenvalue weighted by Gasteiger charge is -2.21. The van der Waals surface area contributed by atoms with Crippen molar-refractivity contribution in [3.05, 3.63) is 107 Å². The molecule has 0 spiro atoms. The zero-order valence-electron chi connectivity index (χ0n) is 25.8. The van der Waals surface area contributed by atoms with Gasteiger partial charge in [0, 0.05) is 19.0 Å². The summed E-state index contributed by atoms with van der Waals surface area (Å²) in [6.45, 7) is -0.188. The van der Waals surface area contributed by atoms with E-state index >= 15 is 0 Å². The number of amides is 2. The molecule has 3 aromatic carbocycles. The summed E-state index contributed by atoms with van der Waals surface area (Å²) in [6, 6.07) is 22.3. The number of benzene rings is 3. The monoisotopic (exact) mass is 649 g/mol. The Morgan fingerprint density at radius 2 is 1.85 bits per heavy atom. The number of esters is 1. The Morgan fingerprint density at radius 3 is 2.65 bits per heavy atom. The Morgan fingerprint density at radius 1 is 1.08 bits per heavy atom. The van der Waals surface area contributed by atoms with Crippen LogP contribution in [0.15, 0.2) is 78.9 Å². The zero-order chi connectivity index (χ0) is 33.3. The van der Waals surface area contributed by atoms with Crippen molar-refractivity contribution in [3.8, 4) is 17.6 Å². The maximum Gasteiger partial charge on any atom is 0.338 e. The number of aromatic nitrogens is 3. The summed E-state index contributed by atoms with van der Waals surface area (Å²) in [4.78, 5) is 44.6. The second-order valence-corrected chi connectivity index (χ2v) is 11.7. The van der Waals surface area contributed by atoms with Crippen molar-refractivity contribution in [2.75, 3.05) is 31.8 Å². The first-order valence-electron chi connectivity index (χ1n) is 15.3. The van der Waals surface area contributed by atoms with Crippen LogP contribution in [-0.4, -0.2) is 94.9 Å². The minimum atomic E-state index is -1.65. The number of aromatic amines is 1. The lowest BCUT2D eigenvalue weighted by molar-refractivity contribution is -0.120. The maximum absolute atomic E-state index is 13.4. The molecule has 7 rings (SSSR count). The van der Waals surface area contributed by atoms with Crippen LogP contribution in [0.2, 0.25) is 0 Å². The van der Waals surface area contributed by atoms with E-state index in [1.165, 1.54) is 4.90 Å². The first kappa shape index (κ1) is 31.1. The predicted octanol–water partition coefficient (Wildman–Crippen LogP) is 1.66. The number of aliphatic hydroxyl groups is 1. The Hall–Kier alpha value is -5.55. The minimum absolute atomic E-state index is 0.0593. The summed E-state index contributed by atoms with van der Waals surface area (Å²) < 4.78 is 23.1. The minimum Gasteiger partial charge on any atom is -0.489 e. The molecule has 2 unspecified atom stereocenters. The lowest BCUT2D eigenvalue weighted by atomic mass is 9.96. The predicted molar refractivity (Wildman–Crippen MR) is 169 cm³/mol. The summed E-state index contributed by atoms with van der Waals surface area (Å²) in [6.07, 6.45) is -1.73. The van der Waals surface area contributed by atoms with Crippen LogP contribution in [0.5, 0.6) is 5.75 Å². The van der Waals surface area contributed by atoms with Crippen LogP contribution in [0, 0.1) is 11.8 Å². The van der Waals surface area contributed by atoms with E-state index in [4.69, 9.17) is 18.9 Å². The molecule has 244 valence electrons. The van der Waals surface area contributed by atoms with Crippen molar-refractivity contribution in [1.82, 2.24) is 20.5 Å². The van der Waals surface area contributed by atoms with Crippen LogP contribution in [0.25, 0.3) is 0 Å². The van der Waals surface area contributed by atoms with Crippen molar-refractivity contribution in [2.45, 2.75) is 36.4 Å². The van der Waals surface area contributed by atoms with Crippen molar-refractivity contribution in [2.24, 2.45) is 0 Å². The van der Waals surface area contributed by atoms with Gasteiger partial charge in [0.05, 0.1) is 24.5 Å². The molecule has 3 aliphatic heterocycles. The smallest absolute Gasteiger partial charge is 0.338 e. The van der Waals surface area contributed by atoms with Crippen molar-refractivity contribution < 1.29 is 38.4 Å². The van der Waals surface area contributed by atoms with E-state index in [1.807, 2.05) is 30.3 Å². The van der Waals surface area contributed by atoms with Crippen LogP contribution < -0.4 is 15.0 Å². The highest BCUT2D eigenvalue weighted by atomic mass is 16.6. The average molecular weight is 650 g/mol. The van der Waals surface area contributed by atoms with Gasteiger partial charge in [-0.3, -0.25) is 14.7 Å². The van der Waals surface area contributed by atoms with Crippen LogP contribution >= 0.6 is 0 Å². The maximum atomic E-state index is 13.4. The van der Waals surface area contributed by atoms with Gasteiger partial charge in [0.25, 0.3) is 11.8 Å². The summed E-state index contributed by atoms with van der Waals surface area (Å²) in [7, 11) is 1.57. The molecule has 0 saturated carbocycles. The Labute approximate surface area is 275 Å². The fourth-order valence-electron chi connectivity index (χ4n) is 5.83. The molecule has 13 heteroatoms. The number of nitrogens with zero attached hydrogens (tertiary/aromatic N) is 3. The molecule has 4 aromatic rings. The number of ether oxygens (including phenoxy) is 4. The molecule has 1 aromatic heterocycles. The van der Waals surface area contributed by atoms with Gasteiger partial charge in [-0.1, -0.05) is 60.4 Å². The molecule has 2 amide bonds. The SMILES string of the molecule is CN1C(=O)[C@@H](NC(=O)c2n[nH]c(Cc3ccccc3)n2)COc2ccc(C#C[C@@]3(O)COC4C3OC[C@@H]4OC(=O)c3ccccc3)cc21. The zero-order valence-corrected chi connectivity index (χ0v) is 25.8. The highest BCUT2D eigenvalue weighted by Crippen LogP contribution is 2.36. The summed E-state index contributed by atoms with van der Waals surface area (Å²) >= 11 is 0. The van der Waals surface area contributed by atoms with E-state index in [2.05, 4.69) is 32.3 Å². The third kappa shape index (κ3) is 6.24. The molecule has 48 heavy (non-hydrogen) atoms. The molecule has 0 bridgehead atoms. The number of hydrogen-bond donors (Lipinski definition) is 3. The molecule has 2 fully saturated rings. The van der Waals surface area contributed by atoms with Crippen molar-refractivity contribution in [3.63, 3.8) is 0 Å². The number of fused-ring (bicyclic) bond motifs is 2. The molecule has 3 N–H and O–H groups in total. The molecule has 3 aliphatic rings. The van der Waals surface area contributed by atoms with Gasteiger partial charge in [-0.15, -0.1) is 5.10 Å². The van der Waals surface area contributed by atoms with E-state index in [9.17, 15) is 19.5 Å². The van der Waals surface area contributed by atoms with Gasteiger partial charge < -0.3 is 34.3 Å². The molecule has 0 radical (unpaired) electrons. The van der Waals surface area contributed by atoms with Gasteiger partial charge in [0.1, 0.15) is 36.4 Å². The van der Waals surface area contributed by atoms with Gasteiger partial charge in [-0.05, 0) is 35.9 Å². The summed E-state index contributed by atoms with van der Waals surface area (Å²) in [5, 5.41) is 20.8. The summed E-state index contributed by atoms with van der Waals surface area (Å²) in [5.41, 5.74) is 0.687. The van der Waals surface area contributed by atoms with Crippen LogP contribution in [0.4, 0.5) is 5.69 Å². The number of carbonyl (C=O) groups excluding carboxylic acids is 3. The number of carbonyl (C=O) groups is 3. The first-order valence-corrected chi connectivity index (χ1v) is 15.3. The number of hydrogen-bond acceptors (Lipinski definition) is 10. The largest absolute Gasteiger partial charge is 0.489 e. The highest BCUT2D eigenvalue weighted by molar-refractivity contribution is 6.02. The molecular formula is C35H31N5O8. The van der Waals surface area contributed by atoms with Crippen LogP contribution in [-0.2, 0) is 25.4 Å². The van der Waals surface area contributed by atoms with E-state index in [-0.39, 0.29) is 25.6 Å². The topological polar surface area (TPSA) is 165 Å². The lowest BCUT2D eigenvalue weighted by Crippen LogP contribution is -2.49. The van der Waals surface area contributed by atoms with E-state index in [0.717, 1.165) is 5.56 Å². The van der Waals surface area contributed by atoms with Crippen LogP contribution in [0.3, 0.4) is 0 Å². The second kappa shape index (κ2) is 12.9. The van der Waals surface area contributed by atoms with E-state index in [1.54, 1.807) is 55.6 Å². The number of rotatable bonds is 6. The summed E-state index contributed by atoms with van der Waals surface area (Å²) in [5.74, 6) is 5.15. The molecular weight excluding hydrogens is 618 g/mol.